The number of hydrogen-bond donors (Lipinski definition) is 0. The molecule has 0 spiro atoms. The number of nitrogens with zero attached hydrogens (tertiary/aromatic N) is 3. The Balaban J connectivity index is 1.57. The number of nitro groups is 1. The molecule has 0 unspecified atom stereocenters. The lowest BCUT2D eigenvalue weighted by atomic mass is 10.1. The largest absolute Gasteiger partial charge is 0.497 e. The highest BCUT2D eigenvalue weighted by molar-refractivity contribution is 9.10. The second-order valence-electron chi connectivity index (χ2n) is 8.00. The molecule has 1 heterocycles. The number of nitro benzene ring substituents is 1. The van der Waals surface area contributed by atoms with Gasteiger partial charge in [-0.15, -0.1) is 0 Å². The number of rotatable bonds is 9. The van der Waals surface area contributed by atoms with E-state index in [9.17, 15) is 14.9 Å². The molecule has 0 aliphatic carbocycles. The Morgan fingerprint density at radius 2 is 1.87 bits per heavy atom. The number of thioether (sulfide) groups is 1. The summed E-state index contributed by atoms with van der Waals surface area (Å²) < 4.78 is 17.3. The summed E-state index contributed by atoms with van der Waals surface area (Å²) in [6.45, 7) is 2.50. The summed E-state index contributed by atoms with van der Waals surface area (Å²) in [5.74, 6) is 1.50. The lowest BCUT2D eigenvalue weighted by molar-refractivity contribution is -0.384. The first-order chi connectivity index (χ1) is 18.3. The van der Waals surface area contributed by atoms with Gasteiger partial charge in [-0.1, -0.05) is 12.1 Å². The van der Waals surface area contributed by atoms with Gasteiger partial charge in [-0.25, -0.2) is 4.99 Å². The van der Waals surface area contributed by atoms with Crippen molar-refractivity contribution in [3.63, 3.8) is 0 Å². The Kier molecular flexibility index (Phi) is 8.70. The summed E-state index contributed by atoms with van der Waals surface area (Å²) >= 11 is 4.83. The number of carbonyl (C=O) groups is 1. The number of halogens is 1. The average molecular weight is 598 g/mol. The smallest absolute Gasteiger partial charge is 0.269 e. The summed E-state index contributed by atoms with van der Waals surface area (Å²) in [6, 6.07) is 17.1. The van der Waals surface area contributed by atoms with Crippen LogP contribution in [-0.4, -0.2) is 41.7 Å². The Morgan fingerprint density at radius 3 is 2.53 bits per heavy atom. The van der Waals surface area contributed by atoms with Gasteiger partial charge in [-0.05, 0) is 88.2 Å². The Morgan fingerprint density at radius 1 is 1.11 bits per heavy atom. The standard InChI is InChI=1S/C27H24BrN3O6S/c1-4-30-26(32)24(38-27(30)29-19-8-10-21(35-2)11-9-19)15-18-13-22(28)25(23(14-18)36-3)37-16-17-6-5-7-20(12-17)31(33)34/h5-15H,4,16H2,1-3H3/b24-15+,29-27?. The first-order valence-electron chi connectivity index (χ1n) is 11.5. The lowest BCUT2D eigenvalue weighted by Gasteiger charge is -2.14. The van der Waals surface area contributed by atoms with Crippen LogP contribution >= 0.6 is 27.7 Å². The van der Waals surface area contributed by atoms with Gasteiger partial charge in [0.1, 0.15) is 12.4 Å². The SMILES string of the molecule is CCN1C(=O)/C(=C\c2cc(Br)c(OCc3cccc([N+](=O)[O-])c3)c(OC)c2)SC1=Nc1ccc(OC)cc1. The fourth-order valence-corrected chi connectivity index (χ4v) is 5.30. The zero-order valence-corrected chi connectivity index (χ0v) is 23.2. The number of amides is 1. The third-order valence-electron chi connectivity index (χ3n) is 5.56. The van der Waals surface area contributed by atoms with Gasteiger partial charge in [-0.3, -0.25) is 19.8 Å². The molecular formula is C27H24BrN3O6S. The molecule has 0 N–H and O–H groups in total. The van der Waals surface area contributed by atoms with Crippen molar-refractivity contribution in [3.8, 4) is 17.2 Å². The highest BCUT2D eigenvalue weighted by atomic mass is 79.9. The van der Waals surface area contributed by atoms with Crippen molar-refractivity contribution in [1.82, 2.24) is 4.90 Å². The van der Waals surface area contributed by atoms with E-state index in [1.807, 2.05) is 37.3 Å². The number of non-ortho nitro benzene ring substituents is 1. The van der Waals surface area contributed by atoms with Gasteiger partial charge >= 0.3 is 0 Å². The van der Waals surface area contributed by atoms with Gasteiger partial charge < -0.3 is 14.2 Å². The molecule has 196 valence electrons. The lowest BCUT2D eigenvalue weighted by Crippen LogP contribution is -2.28. The average Bonchev–Trinajstić information content (AvgIpc) is 3.21. The van der Waals surface area contributed by atoms with Gasteiger partial charge in [0.25, 0.3) is 11.6 Å². The van der Waals surface area contributed by atoms with E-state index in [1.165, 1.54) is 31.0 Å². The van der Waals surface area contributed by atoms with Gasteiger partial charge in [0.05, 0.1) is 34.2 Å². The molecule has 0 bridgehead atoms. The monoisotopic (exact) mass is 597 g/mol. The molecule has 1 amide bonds. The molecule has 1 aliphatic rings. The second kappa shape index (κ2) is 12.1. The van der Waals surface area contributed by atoms with Crippen LogP contribution in [0.4, 0.5) is 11.4 Å². The zero-order chi connectivity index (χ0) is 27.2. The molecule has 0 radical (unpaired) electrons. The van der Waals surface area contributed by atoms with Crippen molar-refractivity contribution in [2.75, 3.05) is 20.8 Å². The maximum atomic E-state index is 13.1. The van der Waals surface area contributed by atoms with E-state index in [0.717, 1.165) is 17.0 Å². The molecule has 3 aromatic carbocycles. The zero-order valence-electron chi connectivity index (χ0n) is 20.8. The second-order valence-corrected chi connectivity index (χ2v) is 9.87. The van der Waals surface area contributed by atoms with Crippen molar-refractivity contribution in [3.05, 3.63) is 91.3 Å². The molecule has 11 heteroatoms. The number of aliphatic imine (C=N–C) groups is 1. The first-order valence-corrected chi connectivity index (χ1v) is 13.1. The van der Waals surface area contributed by atoms with Crippen LogP contribution < -0.4 is 14.2 Å². The summed E-state index contributed by atoms with van der Waals surface area (Å²) in [4.78, 5) is 30.5. The summed E-state index contributed by atoms with van der Waals surface area (Å²) in [7, 11) is 3.12. The fourth-order valence-electron chi connectivity index (χ4n) is 3.67. The number of hydrogen-bond acceptors (Lipinski definition) is 8. The van der Waals surface area contributed by atoms with Crippen LogP contribution in [0, 0.1) is 10.1 Å². The third-order valence-corrected chi connectivity index (χ3v) is 7.15. The number of ether oxygens (including phenoxy) is 3. The summed E-state index contributed by atoms with van der Waals surface area (Å²) in [5.41, 5.74) is 2.09. The predicted octanol–water partition coefficient (Wildman–Crippen LogP) is 6.58. The first kappa shape index (κ1) is 27.2. The molecule has 3 aromatic rings. The van der Waals surface area contributed by atoms with E-state index in [4.69, 9.17) is 14.2 Å². The van der Waals surface area contributed by atoms with E-state index >= 15 is 0 Å². The maximum Gasteiger partial charge on any atom is 0.269 e. The minimum Gasteiger partial charge on any atom is -0.497 e. The summed E-state index contributed by atoms with van der Waals surface area (Å²) in [5, 5.41) is 11.6. The Labute approximate surface area is 232 Å². The van der Waals surface area contributed by atoms with E-state index in [1.54, 1.807) is 36.3 Å². The highest BCUT2D eigenvalue weighted by Gasteiger charge is 2.32. The van der Waals surface area contributed by atoms with E-state index in [-0.39, 0.29) is 18.2 Å². The molecule has 38 heavy (non-hydrogen) atoms. The molecule has 9 nitrogen and oxygen atoms in total. The van der Waals surface area contributed by atoms with Gasteiger partial charge in [0.15, 0.2) is 16.7 Å². The Hall–Kier alpha value is -3.83. The van der Waals surface area contributed by atoms with Crippen molar-refractivity contribution in [2.45, 2.75) is 13.5 Å². The van der Waals surface area contributed by atoms with Crippen molar-refractivity contribution in [1.29, 1.82) is 0 Å². The van der Waals surface area contributed by atoms with Crippen molar-refractivity contribution >= 4 is 56.2 Å². The molecule has 4 rings (SSSR count). The fraction of sp³-hybridized carbons (Fsp3) is 0.185. The van der Waals surface area contributed by atoms with Crippen LogP contribution in [0.2, 0.25) is 0 Å². The minimum atomic E-state index is -0.447. The quantitative estimate of drug-likeness (QED) is 0.156. The Bertz CT molecular complexity index is 1420. The van der Waals surface area contributed by atoms with Crippen LogP contribution in [0.5, 0.6) is 17.2 Å². The maximum absolute atomic E-state index is 13.1. The van der Waals surface area contributed by atoms with E-state index < -0.39 is 4.92 Å². The molecule has 0 saturated carbocycles. The number of benzene rings is 3. The van der Waals surface area contributed by atoms with Crippen LogP contribution in [0.25, 0.3) is 6.08 Å². The number of likely N-dealkylation sites (N-methyl/N-ethyl adjacent to an activating group) is 1. The van der Waals surface area contributed by atoms with Crippen LogP contribution in [-0.2, 0) is 11.4 Å². The van der Waals surface area contributed by atoms with E-state index in [2.05, 4.69) is 20.9 Å². The molecule has 0 aromatic heterocycles. The van der Waals surface area contributed by atoms with Crippen LogP contribution in [0.3, 0.4) is 0 Å². The molecule has 0 atom stereocenters. The number of methoxy groups -OCH3 is 2. The van der Waals surface area contributed by atoms with Gasteiger partial charge in [-0.2, -0.15) is 0 Å². The van der Waals surface area contributed by atoms with E-state index in [0.29, 0.717) is 38.2 Å². The third kappa shape index (κ3) is 6.17. The normalized spacial score (nSPS) is 15.3. The van der Waals surface area contributed by atoms with Crippen LogP contribution in [0.1, 0.15) is 18.1 Å². The van der Waals surface area contributed by atoms with Gasteiger partial charge in [0.2, 0.25) is 0 Å². The molecule has 1 saturated heterocycles. The number of carbonyl (C=O) groups excluding carboxylic acids is 1. The molecule has 1 fully saturated rings. The minimum absolute atomic E-state index is 0.00569. The number of amidine groups is 1. The van der Waals surface area contributed by atoms with Crippen molar-refractivity contribution in [2.24, 2.45) is 4.99 Å². The molecule has 1 aliphatic heterocycles. The highest BCUT2D eigenvalue weighted by Crippen LogP contribution is 2.40. The summed E-state index contributed by atoms with van der Waals surface area (Å²) in [6.07, 6.45) is 1.78. The topological polar surface area (TPSA) is 104 Å². The van der Waals surface area contributed by atoms with Crippen LogP contribution in [0.15, 0.2) is 75.0 Å². The predicted molar refractivity (Wildman–Crippen MR) is 151 cm³/mol. The molecular weight excluding hydrogens is 574 g/mol. The van der Waals surface area contributed by atoms with Crippen molar-refractivity contribution < 1.29 is 23.9 Å². The van der Waals surface area contributed by atoms with Gasteiger partial charge in [0, 0.05) is 18.7 Å².